The van der Waals surface area contributed by atoms with E-state index in [0.717, 1.165) is 16.5 Å². The Bertz CT molecular complexity index is 872. The van der Waals surface area contributed by atoms with Gasteiger partial charge in [0, 0.05) is 12.0 Å². The van der Waals surface area contributed by atoms with Crippen molar-refractivity contribution in [1.82, 2.24) is 9.97 Å². The molecule has 0 unspecified atom stereocenters. The molecular weight excluding hydrogens is 296 g/mol. The van der Waals surface area contributed by atoms with Crippen molar-refractivity contribution in [2.75, 3.05) is 19.8 Å². The molecule has 0 atom stereocenters. The minimum atomic E-state index is -0.0653. The topological polar surface area (TPSA) is 77.6 Å². The van der Waals surface area contributed by atoms with E-state index in [1.165, 1.54) is 0 Å². The molecule has 1 aliphatic rings. The van der Waals surface area contributed by atoms with Crippen molar-refractivity contribution in [2.45, 2.75) is 13.3 Å². The lowest BCUT2D eigenvalue weighted by atomic mass is 10.1. The van der Waals surface area contributed by atoms with E-state index in [4.69, 9.17) is 19.0 Å². The Kier molecular flexibility index (Phi) is 3.38. The molecule has 1 aliphatic heterocycles. The van der Waals surface area contributed by atoms with E-state index in [2.05, 4.69) is 9.97 Å². The van der Waals surface area contributed by atoms with E-state index >= 15 is 0 Å². The molecule has 2 aromatic heterocycles. The third kappa shape index (κ3) is 2.31. The van der Waals surface area contributed by atoms with E-state index in [1.807, 2.05) is 24.3 Å². The molecule has 4 rings (SSSR count). The number of ether oxygens (including phenoxy) is 2. The van der Waals surface area contributed by atoms with Gasteiger partial charge < -0.3 is 19.0 Å². The Morgan fingerprint density at radius 2 is 2.13 bits per heavy atom. The summed E-state index contributed by atoms with van der Waals surface area (Å²) in [5.41, 5.74) is 2.32. The van der Waals surface area contributed by atoms with Crippen molar-refractivity contribution in [3.8, 4) is 23.1 Å². The van der Waals surface area contributed by atoms with Crippen molar-refractivity contribution in [3.63, 3.8) is 0 Å². The van der Waals surface area contributed by atoms with Gasteiger partial charge >= 0.3 is 0 Å². The Morgan fingerprint density at radius 1 is 1.26 bits per heavy atom. The molecule has 6 heteroatoms. The van der Waals surface area contributed by atoms with Gasteiger partial charge in [0.1, 0.15) is 23.7 Å². The normalized spacial score (nSPS) is 13.1. The molecule has 6 nitrogen and oxygen atoms in total. The second kappa shape index (κ2) is 5.55. The Morgan fingerprint density at radius 3 is 3.00 bits per heavy atom. The number of furan rings is 1. The minimum Gasteiger partial charge on any atom is -0.488 e. The molecule has 0 aliphatic carbocycles. The summed E-state index contributed by atoms with van der Waals surface area (Å²) >= 11 is 0. The van der Waals surface area contributed by atoms with E-state index in [0.29, 0.717) is 41.9 Å². The molecule has 0 amide bonds. The van der Waals surface area contributed by atoms with Crippen LogP contribution in [0.4, 0.5) is 0 Å². The standard InChI is InChI=1S/C17H16N2O4/c1-10-18-14-12(17(19-10)22-9-7-20)6-8-21-15-11-4-2-3-5-13(11)23-16(14)15/h2-5,20H,6-9H2,1H3. The van der Waals surface area contributed by atoms with Gasteiger partial charge in [-0.2, -0.15) is 4.98 Å². The summed E-state index contributed by atoms with van der Waals surface area (Å²) in [6.45, 7) is 2.42. The van der Waals surface area contributed by atoms with Crippen LogP contribution < -0.4 is 9.47 Å². The fraction of sp³-hybridized carbons (Fsp3) is 0.294. The third-order valence-corrected chi connectivity index (χ3v) is 3.77. The maximum atomic E-state index is 9.00. The first kappa shape index (κ1) is 14.0. The number of benzene rings is 1. The van der Waals surface area contributed by atoms with Gasteiger partial charge in [-0.3, -0.25) is 0 Å². The summed E-state index contributed by atoms with van der Waals surface area (Å²) < 4.78 is 17.5. The van der Waals surface area contributed by atoms with Crippen LogP contribution in [0.3, 0.4) is 0 Å². The molecule has 3 aromatic rings. The molecule has 0 spiro atoms. The summed E-state index contributed by atoms with van der Waals surface area (Å²) in [5, 5.41) is 9.93. The first-order valence-electron chi connectivity index (χ1n) is 7.54. The highest BCUT2D eigenvalue weighted by Gasteiger charge is 2.27. The lowest BCUT2D eigenvalue weighted by Crippen LogP contribution is -2.09. The van der Waals surface area contributed by atoms with E-state index in [9.17, 15) is 0 Å². The Labute approximate surface area is 132 Å². The fourth-order valence-electron chi connectivity index (χ4n) is 2.82. The molecule has 1 N–H and O–H groups in total. The maximum Gasteiger partial charge on any atom is 0.220 e. The zero-order valence-electron chi connectivity index (χ0n) is 12.7. The number of fused-ring (bicyclic) bond motifs is 5. The van der Waals surface area contributed by atoms with Crippen molar-refractivity contribution < 1.29 is 19.0 Å². The first-order chi connectivity index (χ1) is 11.3. The molecule has 0 saturated heterocycles. The number of aliphatic hydroxyl groups excluding tert-OH is 1. The van der Waals surface area contributed by atoms with Crippen molar-refractivity contribution >= 4 is 11.0 Å². The summed E-state index contributed by atoms with van der Waals surface area (Å²) in [6, 6.07) is 7.76. The SMILES string of the molecule is Cc1nc(OCCO)c2c(n1)-c1oc3ccccc3c1OCC2. The summed E-state index contributed by atoms with van der Waals surface area (Å²) in [6.07, 6.45) is 0.620. The third-order valence-electron chi connectivity index (χ3n) is 3.77. The molecule has 1 aromatic carbocycles. The molecule has 0 bridgehead atoms. The zero-order chi connectivity index (χ0) is 15.8. The monoisotopic (exact) mass is 312 g/mol. The van der Waals surface area contributed by atoms with Gasteiger partial charge in [0.05, 0.1) is 18.6 Å². The number of nitrogens with zero attached hydrogens (tertiary/aromatic N) is 2. The molecule has 0 radical (unpaired) electrons. The maximum absolute atomic E-state index is 9.00. The molecule has 23 heavy (non-hydrogen) atoms. The van der Waals surface area contributed by atoms with Crippen molar-refractivity contribution in [1.29, 1.82) is 0 Å². The highest BCUT2D eigenvalue weighted by molar-refractivity contribution is 5.91. The van der Waals surface area contributed by atoms with Gasteiger partial charge in [-0.15, -0.1) is 0 Å². The summed E-state index contributed by atoms with van der Waals surface area (Å²) in [4.78, 5) is 8.90. The highest BCUT2D eigenvalue weighted by Crippen LogP contribution is 2.43. The number of aryl methyl sites for hydroxylation is 1. The van der Waals surface area contributed by atoms with E-state index < -0.39 is 0 Å². The first-order valence-corrected chi connectivity index (χ1v) is 7.54. The van der Waals surface area contributed by atoms with Crippen LogP contribution >= 0.6 is 0 Å². The smallest absolute Gasteiger partial charge is 0.220 e. The van der Waals surface area contributed by atoms with Gasteiger partial charge in [-0.25, -0.2) is 4.98 Å². The van der Waals surface area contributed by atoms with Gasteiger partial charge in [0.2, 0.25) is 5.88 Å². The van der Waals surface area contributed by atoms with Crippen LogP contribution in [-0.2, 0) is 6.42 Å². The summed E-state index contributed by atoms with van der Waals surface area (Å²) in [7, 11) is 0. The van der Waals surface area contributed by atoms with Crippen LogP contribution in [0.1, 0.15) is 11.4 Å². The average molecular weight is 312 g/mol. The summed E-state index contributed by atoms with van der Waals surface area (Å²) in [5.74, 6) is 2.40. The predicted molar refractivity (Wildman–Crippen MR) is 83.8 cm³/mol. The molecular formula is C17H16N2O4. The minimum absolute atomic E-state index is 0.0653. The van der Waals surface area contributed by atoms with Gasteiger partial charge in [-0.05, 0) is 19.1 Å². The molecule has 0 saturated carbocycles. The molecule has 118 valence electrons. The van der Waals surface area contributed by atoms with Gasteiger partial charge in [0.25, 0.3) is 0 Å². The number of hydrogen-bond donors (Lipinski definition) is 1. The predicted octanol–water partition coefficient (Wildman–Crippen LogP) is 2.50. The second-order valence-electron chi connectivity index (χ2n) is 5.33. The number of hydrogen-bond acceptors (Lipinski definition) is 6. The van der Waals surface area contributed by atoms with Crippen LogP contribution in [0.2, 0.25) is 0 Å². The Hall–Kier alpha value is -2.60. The molecule has 0 fully saturated rings. The van der Waals surface area contributed by atoms with Crippen LogP contribution in [0, 0.1) is 6.92 Å². The average Bonchev–Trinajstić information content (AvgIpc) is 2.83. The van der Waals surface area contributed by atoms with Crippen LogP contribution in [0.25, 0.3) is 22.4 Å². The fourth-order valence-corrected chi connectivity index (χ4v) is 2.82. The van der Waals surface area contributed by atoms with Gasteiger partial charge in [-0.1, -0.05) is 12.1 Å². The van der Waals surface area contributed by atoms with Crippen molar-refractivity contribution in [3.05, 3.63) is 35.7 Å². The lowest BCUT2D eigenvalue weighted by molar-refractivity contribution is 0.194. The molecule has 3 heterocycles. The van der Waals surface area contributed by atoms with Crippen molar-refractivity contribution in [2.24, 2.45) is 0 Å². The van der Waals surface area contributed by atoms with E-state index in [1.54, 1.807) is 6.92 Å². The van der Waals surface area contributed by atoms with E-state index in [-0.39, 0.29) is 13.2 Å². The highest BCUT2D eigenvalue weighted by atomic mass is 16.5. The van der Waals surface area contributed by atoms with Gasteiger partial charge in [0.15, 0.2) is 11.5 Å². The zero-order valence-corrected chi connectivity index (χ0v) is 12.7. The van der Waals surface area contributed by atoms with Crippen LogP contribution in [-0.4, -0.2) is 34.9 Å². The Balaban J connectivity index is 1.95. The van der Waals surface area contributed by atoms with Crippen LogP contribution in [0.5, 0.6) is 11.6 Å². The number of aliphatic hydroxyl groups is 1. The number of para-hydroxylation sites is 1. The second-order valence-corrected chi connectivity index (χ2v) is 5.33. The number of rotatable bonds is 3. The quantitative estimate of drug-likeness (QED) is 0.800. The lowest BCUT2D eigenvalue weighted by Gasteiger charge is -2.11. The van der Waals surface area contributed by atoms with Crippen LogP contribution in [0.15, 0.2) is 28.7 Å². The number of aromatic nitrogens is 2. The largest absolute Gasteiger partial charge is 0.488 e.